The fourth-order valence-corrected chi connectivity index (χ4v) is 12.6. The van der Waals surface area contributed by atoms with E-state index in [4.69, 9.17) is 9.97 Å². The highest BCUT2D eigenvalue weighted by molar-refractivity contribution is 6.16. The highest BCUT2D eigenvalue weighted by Gasteiger charge is 2.43. The van der Waals surface area contributed by atoms with Crippen LogP contribution in [0.5, 0.6) is 0 Å². The largest absolute Gasteiger partial charge is 0.332 e. The molecule has 1 aliphatic heterocycles. The number of rotatable bonds is 5. The van der Waals surface area contributed by atoms with E-state index in [0.29, 0.717) is 0 Å². The second-order valence-corrected chi connectivity index (χ2v) is 19.2. The topological polar surface area (TPSA) is 34.0 Å². The maximum Gasteiger partial charge on any atom is 0.159 e. The lowest BCUT2D eigenvalue weighted by molar-refractivity contribution is 0.669. The van der Waals surface area contributed by atoms with Crippen molar-refractivity contribution in [3.8, 4) is 16.9 Å². The lowest BCUT2D eigenvalue weighted by Gasteiger charge is -2.34. The molecule has 67 heavy (non-hydrogen) atoms. The first-order valence-corrected chi connectivity index (χ1v) is 24.4. The van der Waals surface area contributed by atoms with Crippen LogP contribution in [-0.4, -0.2) is 14.5 Å². The molecule has 4 nitrogen and oxygen atoms in total. The summed E-state index contributed by atoms with van der Waals surface area (Å²) in [5.74, 6) is 1.24. The lowest BCUT2D eigenvalue weighted by Crippen LogP contribution is -2.24. The summed E-state index contributed by atoms with van der Waals surface area (Å²) in [7, 11) is 0. The van der Waals surface area contributed by atoms with Crippen molar-refractivity contribution in [1.29, 1.82) is 0 Å². The van der Waals surface area contributed by atoms with Crippen molar-refractivity contribution in [2.75, 3.05) is 4.90 Å². The Labute approximate surface area is 392 Å². The van der Waals surface area contributed by atoms with Crippen molar-refractivity contribution in [1.82, 2.24) is 14.5 Å². The summed E-state index contributed by atoms with van der Waals surface area (Å²) in [5.41, 5.74) is 23.0. The van der Waals surface area contributed by atoms with Gasteiger partial charge in [-0.3, -0.25) is 0 Å². The molecule has 6 aromatic carbocycles. The van der Waals surface area contributed by atoms with Gasteiger partial charge in [-0.2, -0.15) is 0 Å². The van der Waals surface area contributed by atoms with Gasteiger partial charge in [-0.05, 0) is 120 Å². The highest BCUT2D eigenvalue weighted by Crippen LogP contribution is 2.59. The third-order valence-electron chi connectivity index (χ3n) is 15.6. The molecule has 14 rings (SSSR count). The lowest BCUT2D eigenvalue weighted by atomic mass is 9.82. The predicted octanol–water partition coefficient (Wildman–Crippen LogP) is 15.8. The predicted molar refractivity (Wildman–Crippen MR) is 279 cm³/mol. The summed E-state index contributed by atoms with van der Waals surface area (Å²) >= 11 is 0. The summed E-state index contributed by atoms with van der Waals surface area (Å²) in [4.78, 5) is 13.7. The second-order valence-electron chi connectivity index (χ2n) is 19.2. The summed E-state index contributed by atoms with van der Waals surface area (Å²) in [5, 5.41) is 3.90. The number of aromatic nitrogens is 3. The molecular formula is C63H50N4. The molecule has 322 valence electrons. The zero-order chi connectivity index (χ0) is 44.2. The van der Waals surface area contributed by atoms with Gasteiger partial charge < -0.3 is 9.47 Å². The molecule has 0 amide bonds. The van der Waals surface area contributed by atoms with Crippen molar-refractivity contribution in [3.63, 3.8) is 0 Å². The number of benzene rings is 6. The van der Waals surface area contributed by atoms with Gasteiger partial charge in [0, 0.05) is 56.4 Å². The fourth-order valence-electron chi connectivity index (χ4n) is 12.6. The van der Waals surface area contributed by atoms with Crippen LogP contribution in [0.25, 0.3) is 68.5 Å². The van der Waals surface area contributed by atoms with Gasteiger partial charge >= 0.3 is 0 Å². The maximum absolute atomic E-state index is 5.55. The highest BCUT2D eigenvalue weighted by atomic mass is 15.2. The van der Waals surface area contributed by atoms with Crippen LogP contribution in [-0.2, 0) is 12.8 Å². The quantitative estimate of drug-likeness (QED) is 0.173. The normalized spacial score (nSPS) is 19.5. The van der Waals surface area contributed by atoms with Crippen molar-refractivity contribution >= 4 is 62.9 Å². The number of nitrogens with zero attached hydrogens (tertiary/aromatic N) is 4. The molecule has 0 spiro atoms. The van der Waals surface area contributed by atoms with E-state index in [0.717, 1.165) is 67.7 Å². The number of allylic oxidation sites excluding steroid dienone is 7. The fraction of sp³-hybridized carbons (Fsp3) is 0.175. The van der Waals surface area contributed by atoms with E-state index in [9.17, 15) is 0 Å². The van der Waals surface area contributed by atoms with Gasteiger partial charge in [0.05, 0.1) is 28.6 Å². The Kier molecular flexibility index (Phi) is 8.81. The molecule has 0 bridgehead atoms. The molecule has 4 heteroatoms. The first kappa shape index (κ1) is 38.7. The van der Waals surface area contributed by atoms with Gasteiger partial charge in [0.2, 0.25) is 0 Å². The number of hydrogen-bond acceptors (Lipinski definition) is 3. The van der Waals surface area contributed by atoms with E-state index in [1.807, 2.05) is 0 Å². The van der Waals surface area contributed by atoms with E-state index in [1.54, 1.807) is 0 Å². The van der Waals surface area contributed by atoms with E-state index in [1.165, 1.54) is 100 Å². The Morgan fingerprint density at radius 3 is 2.25 bits per heavy atom. The first-order valence-electron chi connectivity index (χ1n) is 24.4. The standard InChI is InChI=1S/C63H50N4/c1-39-59(50-31-17-23-40-18-5-8-24-44(40)50)64-63(42-20-3-2-4-21-42)65-60(39)51-36-37-56(48-28-12-11-27-47(48)51)66-55-33-16-14-30-53(55)58-57(66)38-43-22-7-10-26-46(43)62(58)67-54-32-15-13-29-49(54)52-35-34-41-19-6-9-25-45(41)61(52)67/h3,5-11,13-15,17-27,29-30,32,34-38,50,52,61H,2,4,12,16,28,31,33H2,1H3. The molecule has 8 aromatic rings. The minimum atomic E-state index is 0.139. The van der Waals surface area contributed by atoms with Gasteiger partial charge in [0.25, 0.3) is 0 Å². The number of fused-ring (bicyclic) bond motifs is 11. The Hall–Kier alpha value is -7.56. The summed E-state index contributed by atoms with van der Waals surface area (Å²) in [6.07, 6.45) is 32.8. The molecule has 2 aromatic heterocycles. The molecule has 0 saturated heterocycles. The average molecular weight is 863 g/mol. The molecule has 0 saturated carbocycles. The van der Waals surface area contributed by atoms with Gasteiger partial charge in [-0.15, -0.1) is 0 Å². The van der Waals surface area contributed by atoms with E-state index in [2.05, 4.69) is 198 Å². The van der Waals surface area contributed by atoms with Crippen LogP contribution >= 0.6 is 0 Å². The zero-order valence-corrected chi connectivity index (χ0v) is 37.8. The van der Waals surface area contributed by atoms with E-state index in [-0.39, 0.29) is 17.9 Å². The van der Waals surface area contributed by atoms with Crippen molar-refractivity contribution in [2.24, 2.45) is 0 Å². The van der Waals surface area contributed by atoms with Crippen LogP contribution in [0.4, 0.5) is 11.4 Å². The molecule has 0 radical (unpaired) electrons. The monoisotopic (exact) mass is 862 g/mol. The summed E-state index contributed by atoms with van der Waals surface area (Å²) in [6, 6.07) is 43.6. The van der Waals surface area contributed by atoms with Crippen molar-refractivity contribution in [2.45, 2.75) is 69.7 Å². The van der Waals surface area contributed by atoms with Crippen LogP contribution in [0.1, 0.15) is 117 Å². The summed E-state index contributed by atoms with van der Waals surface area (Å²) < 4.78 is 2.67. The first-order chi connectivity index (χ1) is 33.2. The Morgan fingerprint density at radius 1 is 0.612 bits per heavy atom. The van der Waals surface area contributed by atoms with Crippen LogP contribution < -0.4 is 4.90 Å². The van der Waals surface area contributed by atoms with E-state index >= 15 is 0 Å². The Morgan fingerprint density at radius 2 is 1.37 bits per heavy atom. The number of anilines is 2. The maximum atomic E-state index is 5.55. The molecule has 0 fully saturated rings. The van der Waals surface area contributed by atoms with Crippen LogP contribution in [0.3, 0.4) is 0 Å². The molecule has 3 unspecified atom stereocenters. The SMILES string of the molecule is Cc1c(-c2ccc(-n3c4c(c5c(N6c7ccccc7C7C=Cc8ccccc8C76)c6ccccc6cc53)C=CCC4)c3c2C=CCC3)nc(C2=CCCC=C2)nc1C1CC=Cc2ccccc21. The smallest absolute Gasteiger partial charge is 0.159 e. The third-order valence-corrected chi connectivity index (χ3v) is 15.6. The zero-order valence-electron chi connectivity index (χ0n) is 37.8. The van der Waals surface area contributed by atoms with Gasteiger partial charge in [0.15, 0.2) is 5.82 Å². The molecule has 5 aliphatic carbocycles. The minimum Gasteiger partial charge on any atom is -0.332 e. The van der Waals surface area contributed by atoms with Crippen LogP contribution in [0.2, 0.25) is 0 Å². The summed E-state index contributed by atoms with van der Waals surface area (Å²) in [6.45, 7) is 2.27. The van der Waals surface area contributed by atoms with Crippen LogP contribution in [0.15, 0.2) is 158 Å². The van der Waals surface area contributed by atoms with Gasteiger partial charge in [0.1, 0.15) is 0 Å². The van der Waals surface area contributed by atoms with E-state index < -0.39 is 0 Å². The van der Waals surface area contributed by atoms with Gasteiger partial charge in [-0.1, -0.05) is 164 Å². The van der Waals surface area contributed by atoms with Crippen LogP contribution in [0, 0.1) is 6.92 Å². The minimum absolute atomic E-state index is 0.139. The molecule has 0 N–H and O–H groups in total. The Balaban J connectivity index is 1.01. The molecular weight excluding hydrogens is 813 g/mol. The Bertz CT molecular complexity index is 3600. The van der Waals surface area contributed by atoms with Crippen molar-refractivity contribution in [3.05, 3.63) is 225 Å². The van der Waals surface area contributed by atoms with Gasteiger partial charge in [-0.25, -0.2) is 9.97 Å². The molecule has 3 heterocycles. The molecule has 3 atom stereocenters. The third kappa shape index (κ3) is 5.85. The number of hydrogen-bond donors (Lipinski definition) is 0. The molecule has 6 aliphatic rings. The van der Waals surface area contributed by atoms with Crippen molar-refractivity contribution < 1.29 is 0 Å². The second kappa shape index (κ2) is 15.3. The number of para-hydroxylation sites is 1. The average Bonchev–Trinajstić information content (AvgIpc) is 3.91.